The highest BCUT2D eigenvalue weighted by molar-refractivity contribution is 5.48. The maximum atomic E-state index is 9.60. The average Bonchev–Trinajstić information content (AvgIpc) is 2.49. The van der Waals surface area contributed by atoms with Gasteiger partial charge >= 0.3 is 0 Å². The highest BCUT2D eigenvalue weighted by Crippen LogP contribution is 2.33. The number of anilines is 1. The second kappa shape index (κ2) is 6.15. The van der Waals surface area contributed by atoms with Crippen molar-refractivity contribution in [1.82, 2.24) is 4.90 Å². The van der Waals surface area contributed by atoms with Gasteiger partial charge in [0.15, 0.2) is 0 Å². The van der Waals surface area contributed by atoms with Gasteiger partial charge in [-0.2, -0.15) is 0 Å². The van der Waals surface area contributed by atoms with Gasteiger partial charge in [0.2, 0.25) is 0 Å². The standard InChI is InChI=1S/C17H26N2O/c1-18-10-12-19(13-11-18)16-6-2-14(3-7-16)15-4-8-17(20)9-5-15/h2-3,6-7,15,17,20H,4-5,8-13H2,1H3. The Kier molecular flexibility index (Phi) is 4.27. The molecule has 1 saturated heterocycles. The minimum Gasteiger partial charge on any atom is -0.393 e. The van der Waals surface area contributed by atoms with E-state index in [1.165, 1.54) is 11.3 Å². The molecule has 0 bridgehead atoms. The zero-order valence-corrected chi connectivity index (χ0v) is 12.5. The zero-order valence-electron chi connectivity index (χ0n) is 12.5. The Morgan fingerprint density at radius 1 is 0.900 bits per heavy atom. The van der Waals surface area contributed by atoms with Gasteiger partial charge in [-0.1, -0.05) is 12.1 Å². The molecule has 0 aromatic heterocycles. The van der Waals surface area contributed by atoms with Crippen LogP contribution in [0.15, 0.2) is 24.3 Å². The van der Waals surface area contributed by atoms with Gasteiger partial charge in [-0.3, -0.25) is 0 Å². The van der Waals surface area contributed by atoms with Crippen LogP contribution in [0.4, 0.5) is 5.69 Å². The number of rotatable bonds is 2. The predicted octanol–water partition coefficient (Wildman–Crippen LogP) is 2.46. The molecule has 1 saturated carbocycles. The summed E-state index contributed by atoms with van der Waals surface area (Å²) < 4.78 is 0. The van der Waals surface area contributed by atoms with E-state index in [2.05, 4.69) is 41.1 Å². The van der Waals surface area contributed by atoms with Crippen molar-refractivity contribution in [1.29, 1.82) is 0 Å². The fourth-order valence-electron chi connectivity index (χ4n) is 3.43. The van der Waals surface area contributed by atoms with Crippen LogP contribution in [-0.4, -0.2) is 49.3 Å². The molecule has 0 amide bonds. The van der Waals surface area contributed by atoms with Gasteiger partial charge < -0.3 is 14.9 Å². The zero-order chi connectivity index (χ0) is 13.9. The lowest BCUT2D eigenvalue weighted by Gasteiger charge is -2.34. The van der Waals surface area contributed by atoms with Crippen LogP contribution in [0, 0.1) is 0 Å². The van der Waals surface area contributed by atoms with E-state index in [1.807, 2.05) is 0 Å². The fraction of sp³-hybridized carbons (Fsp3) is 0.647. The molecule has 3 nitrogen and oxygen atoms in total. The molecule has 110 valence electrons. The molecule has 0 atom stereocenters. The first-order valence-electron chi connectivity index (χ1n) is 7.94. The summed E-state index contributed by atoms with van der Waals surface area (Å²) in [6, 6.07) is 9.17. The number of likely N-dealkylation sites (N-methyl/N-ethyl adjacent to an activating group) is 1. The molecule has 1 heterocycles. The number of piperazine rings is 1. The smallest absolute Gasteiger partial charge is 0.0540 e. The van der Waals surface area contributed by atoms with Gasteiger partial charge in [0.25, 0.3) is 0 Å². The minimum absolute atomic E-state index is 0.0594. The summed E-state index contributed by atoms with van der Waals surface area (Å²) in [7, 11) is 2.19. The van der Waals surface area contributed by atoms with E-state index in [9.17, 15) is 5.11 Å². The Balaban J connectivity index is 1.62. The third-order valence-corrected chi connectivity index (χ3v) is 4.93. The number of aliphatic hydroxyl groups excluding tert-OH is 1. The van der Waals surface area contributed by atoms with E-state index in [0.717, 1.165) is 51.9 Å². The molecule has 20 heavy (non-hydrogen) atoms. The lowest BCUT2D eigenvalue weighted by Crippen LogP contribution is -2.44. The summed E-state index contributed by atoms with van der Waals surface area (Å²) in [5, 5.41) is 9.60. The number of hydrogen-bond donors (Lipinski definition) is 1. The molecule has 1 N–H and O–H groups in total. The molecule has 2 fully saturated rings. The Morgan fingerprint density at radius 2 is 1.50 bits per heavy atom. The molecule has 3 heteroatoms. The van der Waals surface area contributed by atoms with E-state index in [4.69, 9.17) is 0 Å². The minimum atomic E-state index is -0.0594. The Bertz CT molecular complexity index is 374. The van der Waals surface area contributed by atoms with Crippen LogP contribution >= 0.6 is 0 Å². The van der Waals surface area contributed by atoms with Crippen LogP contribution in [0.1, 0.15) is 37.2 Å². The van der Waals surface area contributed by atoms with Gasteiger partial charge in [-0.25, -0.2) is 0 Å². The summed E-state index contributed by atoms with van der Waals surface area (Å²) in [5.41, 5.74) is 2.81. The molecule has 0 spiro atoms. The SMILES string of the molecule is CN1CCN(c2ccc(C3CCC(O)CC3)cc2)CC1. The van der Waals surface area contributed by atoms with E-state index in [0.29, 0.717) is 5.92 Å². The van der Waals surface area contributed by atoms with Crippen molar-refractivity contribution in [3.63, 3.8) is 0 Å². The monoisotopic (exact) mass is 274 g/mol. The van der Waals surface area contributed by atoms with Crippen molar-refractivity contribution in [3.8, 4) is 0 Å². The summed E-state index contributed by atoms with van der Waals surface area (Å²) in [6.07, 6.45) is 4.13. The lowest BCUT2D eigenvalue weighted by molar-refractivity contribution is 0.122. The number of benzene rings is 1. The van der Waals surface area contributed by atoms with Crippen molar-refractivity contribution in [2.24, 2.45) is 0 Å². The van der Waals surface area contributed by atoms with E-state index >= 15 is 0 Å². The Labute approximate surface area is 122 Å². The van der Waals surface area contributed by atoms with Crippen molar-refractivity contribution in [2.45, 2.75) is 37.7 Å². The number of hydrogen-bond acceptors (Lipinski definition) is 3. The van der Waals surface area contributed by atoms with Crippen LogP contribution < -0.4 is 4.90 Å². The van der Waals surface area contributed by atoms with Crippen LogP contribution in [0.25, 0.3) is 0 Å². The Hall–Kier alpha value is -1.06. The highest BCUT2D eigenvalue weighted by atomic mass is 16.3. The molecular formula is C17H26N2O. The molecule has 3 rings (SSSR count). The Morgan fingerprint density at radius 3 is 2.10 bits per heavy atom. The van der Waals surface area contributed by atoms with Gasteiger partial charge in [0.1, 0.15) is 0 Å². The number of aliphatic hydroxyl groups is 1. The van der Waals surface area contributed by atoms with Crippen LogP contribution in [-0.2, 0) is 0 Å². The van der Waals surface area contributed by atoms with Crippen molar-refractivity contribution in [2.75, 3.05) is 38.1 Å². The maximum Gasteiger partial charge on any atom is 0.0540 e. The first kappa shape index (κ1) is 13.9. The summed E-state index contributed by atoms with van der Waals surface area (Å²) >= 11 is 0. The molecule has 0 unspecified atom stereocenters. The van der Waals surface area contributed by atoms with Crippen LogP contribution in [0.5, 0.6) is 0 Å². The van der Waals surface area contributed by atoms with Gasteiger partial charge in [-0.05, 0) is 56.3 Å². The third kappa shape index (κ3) is 3.15. The molecule has 1 aromatic carbocycles. The average molecular weight is 274 g/mol. The van der Waals surface area contributed by atoms with Crippen molar-refractivity contribution in [3.05, 3.63) is 29.8 Å². The van der Waals surface area contributed by atoms with Crippen LogP contribution in [0.3, 0.4) is 0 Å². The molecule has 1 aliphatic carbocycles. The van der Waals surface area contributed by atoms with E-state index in [1.54, 1.807) is 0 Å². The van der Waals surface area contributed by atoms with Crippen molar-refractivity contribution >= 4 is 5.69 Å². The topological polar surface area (TPSA) is 26.7 Å². The fourth-order valence-corrected chi connectivity index (χ4v) is 3.43. The van der Waals surface area contributed by atoms with Gasteiger partial charge in [-0.15, -0.1) is 0 Å². The van der Waals surface area contributed by atoms with E-state index in [-0.39, 0.29) is 6.10 Å². The number of nitrogens with zero attached hydrogens (tertiary/aromatic N) is 2. The molecule has 1 aromatic rings. The summed E-state index contributed by atoms with van der Waals surface area (Å²) in [5.74, 6) is 0.653. The van der Waals surface area contributed by atoms with Crippen LogP contribution in [0.2, 0.25) is 0 Å². The second-order valence-corrected chi connectivity index (χ2v) is 6.39. The first-order chi connectivity index (χ1) is 9.72. The molecular weight excluding hydrogens is 248 g/mol. The normalized spacial score (nSPS) is 28.6. The van der Waals surface area contributed by atoms with Crippen molar-refractivity contribution < 1.29 is 5.11 Å². The molecule has 0 radical (unpaired) electrons. The van der Waals surface area contributed by atoms with Gasteiger partial charge in [0, 0.05) is 31.9 Å². The summed E-state index contributed by atoms with van der Waals surface area (Å²) in [4.78, 5) is 4.87. The quantitative estimate of drug-likeness (QED) is 0.897. The summed E-state index contributed by atoms with van der Waals surface area (Å²) in [6.45, 7) is 4.57. The molecule has 1 aliphatic heterocycles. The maximum absolute atomic E-state index is 9.60. The molecule has 2 aliphatic rings. The highest BCUT2D eigenvalue weighted by Gasteiger charge is 2.21. The van der Waals surface area contributed by atoms with E-state index < -0.39 is 0 Å². The lowest BCUT2D eigenvalue weighted by atomic mass is 9.83. The predicted molar refractivity (Wildman–Crippen MR) is 83.4 cm³/mol. The first-order valence-corrected chi connectivity index (χ1v) is 7.94. The van der Waals surface area contributed by atoms with Gasteiger partial charge in [0.05, 0.1) is 6.10 Å². The second-order valence-electron chi connectivity index (χ2n) is 6.39. The largest absolute Gasteiger partial charge is 0.393 e. The third-order valence-electron chi connectivity index (χ3n) is 4.93.